The minimum atomic E-state index is -0.428. The Labute approximate surface area is 116 Å². The van der Waals surface area contributed by atoms with Crippen LogP contribution < -0.4 is 15.2 Å². The molecule has 0 aromatic heterocycles. The van der Waals surface area contributed by atoms with Crippen molar-refractivity contribution < 1.29 is 19.1 Å². The third kappa shape index (κ3) is 2.12. The van der Waals surface area contributed by atoms with E-state index in [-0.39, 0.29) is 37.5 Å². The number of nitrogens with two attached hydrogens (primary N) is 1. The zero-order valence-corrected chi connectivity index (χ0v) is 11.2. The number of rotatable bonds is 3. The van der Waals surface area contributed by atoms with Gasteiger partial charge in [-0.25, -0.2) is 0 Å². The third-order valence-corrected chi connectivity index (χ3v) is 3.67. The maximum absolute atomic E-state index is 11.9. The van der Waals surface area contributed by atoms with Crippen molar-refractivity contribution in [2.75, 3.05) is 13.3 Å². The smallest absolute Gasteiger partial charge is 0.232 e. The van der Waals surface area contributed by atoms with E-state index in [1.165, 1.54) is 4.90 Å². The molecular formula is C14H16N2O4. The van der Waals surface area contributed by atoms with Crippen LogP contribution in [-0.2, 0) is 9.59 Å². The van der Waals surface area contributed by atoms with Crippen LogP contribution in [0.5, 0.6) is 11.5 Å². The van der Waals surface area contributed by atoms with E-state index in [0.717, 1.165) is 5.56 Å². The Bertz CT molecular complexity index is 572. The highest BCUT2D eigenvalue weighted by Crippen LogP contribution is 2.34. The summed E-state index contributed by atoms with van der Waals surface area (Å²) in [6.45, 7) is 2.16. The molecule has 1 fully saturated rings. The summed E-state index contributed by atoms with van der Waals surface area (Å²) in [4.78, 5) is 24.9. The molecule has 6 heteroatoms. The summed E-state index contributed by atoms with van der Waals surface area (Å²) in [5.41, 5.74) is 6.91. The van der Waals surface area contributed by atoms with Crippen LogP contribution in [0.2, 0.25) is 0 Å². The Morgan fingerprint density at radius 2 is 2.10 bits per heavy atom. The second-order valence-electron chi connectivity index (χ2n) is 5.17. The molecule has 0 radical (unpaired) electrons. The fraction of sp³-hybridized carbons (Fsp3) is 0.429. The van der Waals surface area contributed by atoms with E-state index in [2.05, 4.69) is 0 Å². The van der Waals surface area contributed by atoms with Gasteiger partial charge in [-0.15, -0.1) is 0 Å². The van der Waals surface area contributed by atoms with Crippen molar-refractivity contribution >= 4 is 11.8 Å². The maximum Gasteiger partial charge on any atom is 0.232 e. The molecule has 0 aliphatic carbocycles. The number of carbonyl (C=O) groups excluding carboxylic acids is 2. The van der Waals surface area contributed by atoms with E-state index in [4.69, 9.17) is 15.2 Å². The molecule has 1 aromatic rings. The largest absolute Gasteiger partial charge is 0.454 e. The van der Waals surface area contributed by atoms with Crippen molar-refractivity contribution in [3.63, 3.8) is 0 Å². The maximum atomic E-state index is 11.9. The van der Waals surface area contributed by atoms with E-state index in [9.17, 15) is 9.59 Å². The van der Waals surface area contributed by atoms with E-state index in [0.29, 0.717) is 11.5 Å². The van der Waals surface area contributed by atoms with Crippen LogP contribution >= 0.6 is 0 Å². The lowest BCUT2D eigenvalue weighted by atomic mass is 10.1. The molecule has 0 bridgehead atoms. The number of fused-ring (bicyclic) bond motifs is 1. The van der Waals surface area contributed by atoms with Gasteiger partial charge in [0.25, 0.3) is 0 Å². The van der Waals surface area contributed by atoms with Gasteiger partial charge in [-0.1, -0.05) is 13.0 Å². The van der Waals surface area contributed by atoms with Gasteiger partial charge >= 0.3 is 0 Å². The van der Waals surface area contributed by atoms with Gasteiger partial charge in [-0.05, 0) is 17.7 Å². The van der Waals surface area contributed by atoms with Gasteiger partial charge in [-0.2, -0.15) is 0 Å². The van der Waals surface area contributed by atoms with Crippen molar-refractivity contribution in [1.82, 2.24) is 4.90 Å². The SMILES string of the molecule is CC1CC(=O)N(CC(N)c2ccc3c(c2)OCO3)C1=O. The van der Waals surface area contributed by atoms with Gasteiger partial charge in [0.05, 0.1) is 0 Å². The Hall–Kier alpha value is -2.08. The second kappa shape index (κ2) is 4.79. The zero-order valence-electron chi connectivity index (χ0n) is 11.2. The summed E-state index contributed by atoms with van der Waals surface area (Å²) in [5.74, 6) is 0.782. The monoisotopic (exact) mass is 276 g/mol. The molecule has 2 atom stereocenters. The van der Waals surface area contributed by atoms with E-state index in [1.807, 2.05) is 6.07 Å². The van der Waals surface area contributed by atoms with Gasteiger partial charge in [0, 0.05) is 24.9 Å². The zero-order chi connectivity index (χ0) is 14.3. The average molecular weight is 276 g/mol. The molecular weight excluding hydrogens is 260 g/mol. The summed E-state index contributed by atoms with van der Waals surface area (Å²) < 4.78 is 10.5. The molecule has 1 saturated heterocycles. The highest BCUT2D eigenvalue weighted by molar-refractivity contribution is 6.03. The van der Waals surface area contributed by atoms with Crippen LogP contribution in [0.25, 0.3) is 0 Å². The minimum absolute atomic E-state index is 0.147. The van der Waals surface area contributed by atoms with Crippen LogP contribution in [0.15, 0.2) is 18.2 Å². The van der Waals surface area contributed by atoms with Crippen molar-refractivity contribution in [3.05, 3.63) is 23.8 Å². The number of amides is 2. The molecule has 2 aliphatic heterocycles. The predicted molar refractivity (Wildman–Crippen MR) is 70.0 cm³/mol. The van der Waals surface area contributed by atoms with Crippen LogP contribution in [0.1, 0.15) is 24.9 Å². The number of carbonyl (C=O) groups is 2. The number of nitrogens with zero attached hydrogens (tertiary/aromatic N) is 1. The molecule has 0 saturated carbocycles. The number of hydrogen-bond donors (Lipinski definition) is 1. The summed E-state index contributed by atoms with van der Waals surface area (Å²) in [6, 6.07) is 4.98. The lowest BCUT2D eigenvalue weighted by Gasteiger charge is -2.20. The van der Waals surface area contributed by atoms with Gasteiger partial charge in [0.2, 0.25) is 18.6 Å². The van der Waals surface area contributed by atoms with Gasteiger partial charge < -0.3 is 15.2 Å². The molecule has 2 unspecified atom stereocenters. The average Bonchev–Trinajstić information content (AvgIpc) is 2.98. The van der Waals surface area contributed by atoms with Gasteiger partial charge in [-0.3, -0.25) is 14.5 Å². The minimum Gasteiger partial charge on any atom is -0.454 e. The molecule has 2 amide bonds. The Morgan fingerprint density at radius 1 is 1.35 bits per heavy atom. The van der Waals surface area contributed by atoms with E-state index in [1.54, 1.807) is 19.1 Å². The normalized spacial score (nSPS) is 22.5. The van der Waals surface area contributed by atoms with E-state index < -0.39 is 6.04 Å². The van der Waals surface area contributed by atoms with Crippen LogP contribution in [0, 0.1) is 5.92 Å². The Kier molecular flexibility index (Phi) is 3.10. The van der Waals surface area contributed by atoms with Crippen LogP contribution in [0.4, 0.5) is 0 Å². The van der Waals surface area contributed by atoms with Gasteiger partial charge in [0.15, 0.2) is 11.5 Å². The van der Waals surface area contributed by atoms with Crippen molar-refractivity contribution in [2.45, 2.75) is 19.4 Å². The molecule has 2 heterocycles. The predicted octanol–water partition coefficient (Wildman–Crippen LogP) is 0.810. The van der Waals surface area contributed by atoms with Crippen LogP contribution in [-0.4, -0.2) is 30.1 Å². The Morgan fingerprint density at radius 3 is 2.80 bits per heavy atom. The highest BCUT2D eigenvalue weighted by atomic mass is 16.7. The van der Waals surface area contributed by atoms with Gasteiger partial charge in [0.1, 0.15) is 0 Å². The molecule has 3 rings (SSSR count). The quantitative estimate of drug-likeness (QED) is 0.826. The molecule has 1 aromatic carbocycles. The van der Waals surface area contributed by atoms with Crippen molar-refractivity contribution in [3.8, 4) is 11.5 Å². The number of benzene rings is 1. The lowest BCUT2D eigenvalue weighted by Crippen LogP contribution is -2.36. The number of hydrogen-bond acceptors (Lipinski definition) is 5. The topological polar surface area (TPSA) is 81.9 Å². The van der Waals surface area contributed by atoms with Crippen LogP contribution in [0.3, 0.4) is 0 Å². The molecule has 106 valence electrons. The standard InChI is InChI=1S/C14H16N2O4/c1-8-4-13(17)16(14(8)18)6-10(15)9-2-3-11-12(5-9)20-7-19-11/h2-3,5,8,10H,4,6-7,15H2,1H3. The number of imide groups is 1. The molecule has 20 heavy (non-hydrogen) atoms. The first-order valence-corrected chi connectivity index (χ1v) is 6.55. The fourth-order valence-corrected chi connectivity index (χ4v) is 2.49. The summed E-state index contributed by atoms with van der Waals surface area (Å²) in [5, 5.41) is 0. The highest BCUT2D eigenvalue weighted by Gasteiger charge is 2.36. The molecule has 6 nitrogen and oxygen atoms in total. The first kappa shape index (κ1) is 12.9. The number of ether oxygens (including phenoxy) is 2. The molecule has 0 spiro atoms. The summed E-state index contributed by atoms with van der Waals surface area (Å²) in [7, 11) is 0. The van der Waals surface area contributed by atoms with Crippen molar-refractivity contribution in [1.29, 1.82) is 0 Å². The molecule has 2 aliphatic rings. The second-order valence-corrected chi connectivity index (χ2v) is 5.17. The Balaban J connectivity index is 1.75. The lowest BCUT2D eigenvalue weighted by molar-refractivity contribution is -0.139. The third-order valence-electron chi connectivity index (χ3n) is 3.67. The summed E-state index contributed by atoms with van der Waals surface area (Å²) >= 11 is 0. The van der Waals surface area contributed by atoms with Crippen molar-refractivity contribution in [2.24, 2.45) is 11.7 Å². The first-order chi connectivity index (χ1) is 9.56. The number of likely N-dealkylation sites (tertiary alicyclic amines) is 1. The first-order valence-electron chi connectivity index (χ1n) is 6.55. The summed E-state index contributed by atoms with van der Waals surface area (Å²) in [6.07, 6.45) is 0.271. The molecule has 2 N–H and O–H groups in total. The van der Waals surface area contributed by atoms with E-state index >= 15 is 0 Å². The fourth-order valence-electron chi connectivity index (χ4n) is 2.49.